The Bertz CT molecular complexity index is 2540. The molecule has 0 saturated carbocycles. The molecule has 2 aliphatic heterocycles. The number of hydrazone groups is 2. The van der Waals surface area contributed by atoms with E-state index in [1.165, 1.54) is 18.2 Å². The third-order valence-electron chi connectivity index (χ3n) is 6.66. The van der Waals surface area contributed by atoms with Crippen LogP contribution in [0.2, 0.25) is 0 Å². The van der Waals surface area contributed by atoms with Crippen molar-refractivity contribution in [3.8, 4) is 0 Å². The number of carbonyl (C=O) groups is 4. The van der Waals surface area contributed by atoms with E-state index in [9.17, 15) is 81.3 Å². The van der Waals surface area contributed by atoms with Crippen LogP contribution >= 0.6 is 0 Å². The summed E-state index contributed by atoms with van der Waals surface area (Å²) >= 11 is 0. The van der Waals surface area contributed by atoms with E-state index in [1.807, 2.05) is 0 Å². The van der Waals surface area contributed by atoms with Crippen molar-refractivity contribution in [1.82, 2.24) is 0 Å². The monoisotopic (exact) mass is 904 g/mol. The fraction of sp³-hybridized carbons (Fsp3) is 0.0370. The van der Waals surface area contributed by atoms with Gasteiger partial charge in [0.25, 0.3) is 11.8 Å². The largest absolute Gasteiger partial charge is 1.00 e. The maximum atomic E-state index is 13.0. The molecule has 0 fully saturated rings. The van der Waals surface area contributed by atoms with E-state index < -0.39 is 118 Å². The minimum absolute atomic E-state index is 0. The zero-order chi connectivity index (χ0) is 39.8. The van der Waals surface area contributed by atoms with Crippen molar-refractivity contribution >= 4 is 87.0 Å². The van der Waals surface area contributed by atoms with Gasteiger partial charge in [0.05, 0.1) is 36.5 Å². The number of anilines is 2. The van der Waals surface area contributed by atoms with Crippen molar-refractivity contribution in [3.63, 3.8) is 0 Å². The number of amides is 2. The molecular formula is C27H16N4Na4O18S4. The van der Waals surface area contributed by atoms with Gasteiger partial charge in [-0.2, -0.15) is 20.2 Å². The van der Waals surface area contributed by atoms with E-state index in [4.69, 9.17) is 0 Å². The molecule has 0 radical (unpaired) electrons. The first-order chi connectivity index (χ1) is 24.3. The Balaban J connectivity index is 0.00000784. The molecule has 0 aromatic heterocycles. The number of nitrogens with zero attached hydrogens (tertiary/aromatic N) is 4. The van der Waals surface area contributed by atoms with Crippen molar-refractivity contribution in [1.29, 1.82) is 0 Å². The third-order valence-corrected chi connectivity index (χ3v) is 9.91. The molecule has 30 heteroatoms. The molecule has 2 aromatic carbocycles. The number of hydrogen-bond donors (Lipinski definition) is 2. The minimum Gasteiger partial charge on any atom is -0.744 e. The van der Waals surface area contributed by atoms with Crippen LogP contribution in [0.5, 0.6) is 0 Å². The molecule has 0 bridgehead atoms. The molecule has 2 N–H and O–H groups in total. The second kappa shape index (κ2) is 21.2. The first-order valence-corrected chi connectivity index (χ1v) is 19.1. The van der Waals surface area contributed by atoms with Gasteiger partial charge in [0, 0.05) is 0 Å². The molecule has 0 saturated heterocycles. The summed E-state index contributed by atoms with van der Waals surface area (Å²) < 4.78 is 138. The molecule has 0 spiro atoms. The summed E-state index contributed by atoms with van der Waals surface area (Å²) in [6.45, 7) is 0. The van der Waals surface area contributed by atoms with E-state index in [0.717, 1.165) is 24.3 Å². The number of benzene rings is 2. The van der Waals surface area contributed by atoms with E-state index in [-0.39, 0.29) is 140 Å². The van der Waals surface area contributed by atoms with Crippen molar-refractivity contribution in [2.24, 2.45) is 16.1 Å². The van der Waals surface area contributed by atoms with Gasteiger partial charge in [-0.15, -0.1) is 0 Å². The molecule has 57 heavy (non-hydrogen) atoms. The van der Waals surface area contributed by atoms with Crippen molar-refractivity contribution < 1.29 is 200 Å². The Labute approximate surface area is 411 Å². The van der Waals surface area contributed by atoms with Gasteiger partial charge >= 0.3 is 130 Å². The van der Waals surface area contributed by atoms with Crippen molar-refractivity contribution in [3.05, 3.63) is 84.5 Å². The second-order valence-electron chi connectivity index (χ2n) is 10.2. The van der Waals surface area contributed by atoms with Crippen LogP contribution in [-0.4, -0.2) is 97.3 Å². The smallest absolute Gasteiger partial charge is 0.744 e. The number of carbonyl (C=O) groups excluding carboxylic acids is 2. The number of carboxylic acid groups (broad SMARTS) is 2. The second-order valence-corrected chi connectivity index (χ2v) is 15.7. The first-order valence-electron chi connectivity index (χ1n) is 13.5. The fourth-order valence-electron chi connectivity index (χ4n) is 4.35. The van der Waals surface area contributed by atoms with Gasteiger partial charge < -0.3 is 28.4 Å². The van der Waals surface area contributed by atoms with Crippen LogP contribution in [0.25, 0.3) is 0 Å². The molecular weight excluding hydrogens is 889 g/mol. The maximum Gasteiger partial charge on any atom is 1.00 e. The summed E-state index contributed by atoms with van der Waals surface area (Å²) in [6.07, 6.45) is 7.65. The molecule has 0 aliphatic carbocycles. The minimum atomic E-state index is -5.38. The Hall–Kier alpha value is -1.74. The summed E-state index contributed by atoms with van der Waals surface area (Å²) in [5.74, 6) is -7.62. The number of carboxylic acids is 2. The van der Waals surface area contributed by atoms with Crippen LogP contribution < -0.4 is 128 Å². The van der Waals surface area contributed by atoms with E-state index in [2.05, 4.69) is 10.2 Å². The average Bonchev–Trinajstić information content (AvgIpc) is 3.54. The van der Waals surface area contributed by atoms with Gasteiger partial charge in [-0.3, -0.25) is 9.59 Å². The molecule has 2 aliphatic rings. The molecule has 280 valence electrons. The van der Waals surface area contributed by atoms with Gasteiger partial charge in [-0.1, -0.05) is 36.5 Å². The molecule has 22 nitrogen and oxygen atoms in total. The summed E-state index contributed by atoms with van der Waals surface area (Å²) in [5, 5.41) is 26.7. The van der Waals surface area contributed by atoms with Crippen LogP contribution in [0.1, 0.15) is 0 Å². The van der Waals surface area contributed by atoms with Crippen LogP contribution in [-0.2, 0) is 59.7 Å². The Morgan fingerprint density at radius 2 is 0.965 bits per heavy atom. The normalized spacial score (nSPS) is 16.9. The summed E-state index contributed by atoms with van der Waals surface area (Å²) in [6, 6.07) is 2.47. The average molecular weight is 905 g/mol. The van der Waals surface area contributed by atoms with Crippen LogP contribution in [0, 0.1) is 5.92 Å². The Morgan fingerprint density at radius 1 is 0.579 bits per heavy atom. The zero-order valence-electron chi connectivity index (χ0n) is 29.4. The molecule has 1 atom stereocenters. The number of allylic oxidation sites excluding steroid dienone is 6. The summed E-state index contributed by atoms with van der Waals surface area (Å²) in [4.78, 5) is 44.7. The van der Waals surface area contributed by atoms with Gasteiger partial charge in [0.2, 0.25) is 0 Å². The predicted molar refractivity (Wildman–Crippen MR) is 169 cm³/mol. The number of aliphatic carboxylic acids is 2. The topological polar surface area (TPSA) is 369 Å². The van der Waals surface area contributed by atoms with Gasteiger partial charge in [0.1, 0.15) is 46.4 Å². The van der Waals surface area contributed by atoms with Crippen LogP contribution in [0.4, 0.5) is 11.4 Å². The van der Waals surface area contributed by atoms with Crippen molar-refractivity contribution in [2.45, 2.75) is 19.6 Å². The van der Waals surface area contributed by atoms with E-state index in [1.54, 1.807) is 0 Å². The SMILES string of the molecule is O=C(O)C1=NN(c2cc(S(=O)(=O)[O-])cc(S(=O)(=O)[O-])c2)C(=O)\C1=C/C=C/C=C/C=C/C1C(=O)N(c2cc(S(=O)(=O)[O-])cc(S(=O)(=O)[O-])c2)N=C1C(=O)O.[Na+].[Na+].[Na+].[Na+]. The standard InChI is InChI=1S/C27H20N4O18S4.4Na/c32-24-20(22(26(34)35)28-30(24)14-8-16(50(38,39)40)12-17(9-14)51(41,42)43)6-4-2-1-3-5-7-21-23(27(36)37)29-31(25(21)33)15-10-18(52(44,45)46)13-19(11-15)53(47,48)49;;;;/h1-13,20H,(H,34,35)(H,36,37)(H,38,39,40)(H,41,42,43)(H,44,45,46)(H,47,48,49);;;;/q;4*+1/p-4/b2-1+,5-3+,6-4+,21-7-;;;;. The van der Waals surface area contributed by atoms with Gasteiger partial charge in [-0.05, 0) is 42.5 Å². The molecule has 4 rings (SSSR count). The van der Waals surface area contributed by atoms with E-state index in [0.29, 0.717) is 24.3 Å². The van der Waals surface area contributed by atoms with E-state index >= 15 is 0 Å². The third kappa shape index (κ3) is 13.6. The fourth-order valence-corrected chi connectivity index (χ4v) is 6.65. The molecule has 2 aromatic rings. The Morgan fingerprint density at radius 3 is 1.35 bits per heavy atom. The molecule has 2 amide bonds. The predicted octanol–water partition coefficient (Wildman–Crippen LogP) is -13.2. The first kappa shape index (κ1) is 55.3. The summed E-state index contributed by atoms with van der Waals surface area (Å²) in [7, 11) is -21.5. The quantitative estimate of drug-likeness (QED) is 0.0864. The van der Waals surface area contributed by atoms with Gasteiger partial charge in [-0.25, -0.2) is 43.3 Å². The van der Waals surface area contributed by atoms with Crippen LogP contribution in [0.3, 0.4) is 0 Å². The van der Waals surface area contributed by atoms with Crippen molar-refractivity contribution in [2.75, 3.05) is 10.0 Å². The summed E-state index contributed by atoms with van der Waals surface area (Å²) in [5.41, 5.74) is -3.88. The Kier molecular flexibility index (Phi) is 20.5. The zero-order valence-corrected chi connectivity index (χ0v) is 40.7. The van der Waals surface area contributed by atoms with Gasteiger partial charge in [0.15, 0.2) is 11.4 Å². The maximum absolute atomic E-state index is 13.0. The molecule has 2 heterocycles. The number of hydrogen-bond acceptors (Lipinski definition) is 18. The number of rotatable bonds is 12. The molecule has 1 unspecified atom stereocenters. The van der Waals surface area contributed by atoms with Crippen LogP contribution in [0.15, 0.2) is 114 Å².